The molecule has 2 rings (SSSR count). The fraction of sp³-hybridized carbons (Fsp3) is 0.500. The Kier molecular flexibility index (Phi) is 4.01. The molecule has 0 atom stereocenters. The average molecular weight is 302 g/mol. The van der Waals surface area contributed by atoms with Crippen molar-refractivity contribution in [1.29, 1.82) is 0 Å². The van der Waals surface area contributed by atoms with Crippen LogP contribution in [0.1, 0.15) is 18.4 Å². The highest BCUT2D eigenvalue weighted by Crippen LogP contribution is 2.34. The summed E-state index contributed by atoms with van der Waals surface area (Å²) in [5.74, 6) is -0.395. The minimum absolute atomic E-state index is 0.0650. The number of nitrogens with two attached hydrogens (primary N) is 1. The van der Waals surface area contributed by atoms with Gasteiger partial charge >= 0.3 is 6.03 Å². The molecule has 1 saturated carbocycles. The first kappa shape index (κ1) is 14.1. The predicted molar refractivity (Wildman–Crippen MR) is 76.6 cm³/mol. The molecular formula is C12H16ClN3O2S. The number of primary amides is 1. The van der Waals surface area contributed by atoms with Crippen LogP contribution in [0.5, 0.6) is 0 Å². The lowest BCUT2D eigenvalue weighted by Crippen LogP contribution is -2.50. The number of hydrogen-bond donors (Lipinski definition) is 2. The molecule has 0 aliphatic heterocycles. The van der Waals surface area contributed by atoms with Gasteiger partial charge in [-0.15, -0.1) is 11.3 Å². The second kappa shape index (κ2) is 5.38. The van der Waals surface area contributed by atoms with Gasteiger partial charge in [0.1, 0.15) is 4.34 Å². The van der Waals surface area contributed by atoms with Gasteiger partial charge in [-0.1, -0.05) is 11.6 Å². The minimum Gasteiger partial charge on any atom is -0.369 e. The number of nitrogens with zero attached hydrogens (tertiary/aromatic N) is 1. The lowest BCUT2D eigenvalue weighted by atomic mass is 9.79. The van der Waals surface area contributed by atoms with Gasteiger partial charge in [0, 0.05) is 19.0 Å². The van der Waals surface area contributed by atoms with Crippen molar-refractivity contribution in [3.05, 3.63) is 15.3 Å². The highest BCUT2D eigenvalue weighted by molar-refractivity contribution is 7.15. The van der Waals surface area contributed by atoms with E-state index in [0.717, 1.165) is 5.56 Å². The predicted octanol–water partition coefficient (Wildman–Crippen LogP) is 2.44. The number of amides is 3. The first-order chi connectivity index (χ1) is 8.90. The number of aryl methyl sites for hydroxylation is 1. The Balaban J connectivity index is 1.92. The lowest BCUT2D eigenvalue weighted by Gasteiger charge is -2.39. The normalized spacial score (nSPS) is 21.6. The van der Waals surface area contributed by atoms with Gasteiger partial charge < -0.3 is 16.0 Å². The van der Waals surface area contributed by atoms with Crippen molar-refractivity contribution in [2.45, 2.75) is 25.8 Å². The van der Waals surface area contributed by atoms with Crippen molar-refractivity contribution < 1.29 is 9.59 Å². The first-order valence-corrected chi connectivity index (χ1v) is 7.22. The van der Waals surface area contributed by atoms with Crippen LogP contribution in [0.25, 0.3) is 0 Å². The third-order valence-corrected chi connectivity index (χ3v) is 4.88. The minimum atomic E-state index is -0.290. The molecule has 3 amide bonds. The standard InChI is InChI=1S/C12H16ClN3O2S/c1-6-5-19-10(13)9(6)15-12(18)16(2)8-3-7(4-8)11(14)17/h5,7-8H,3-4H2,1-2H3,(H2,14,17)(H,15,18). The van der Waals surface area contributed by atoms with E-state index in [4.69, 9.17) is 17.3 Å². The Labute approximate surface area is 120 Å². The van der Waals surface area contributed by atoms with Crippen molar-refractivity contribution in [3.63, 3.8) is 0 Å². The number of nitrogens with one attached hydrogen (secondary N) is 1. The molecule has 1 aliphatic carbocycles. The molecule has 7 heteroatoms. The summed E-state index contributed by atoms with van der Waals surface area (Å²) in [5.41, 5.74) is 6.82. The fourth-order valence-corrected chi connectivity index (χ4v) is 3.12. The van der Waals surface area contributed by atoms with Gasteiger partial charge in [-0.2, -0.15) is 0 Å². The molecule has 19 heavy (non-hydrogen) atoms. The van der Waals surface area contributed by atoms with Crippen molar-refractivity contribution in [1.82, 2.24) is 4.90 Å². The summed E-state index contributed by atoms with van der Waals surface area (Å²) in [6.45, 7) is 1.89. The fourth-order valence-electron chi connectivity index (χ4n) is 2.06. The summed E-state index contributed by atoms with van der Waals surface area (Å²) in [6, 6.07) is -0.147. The van der Waals surface area contributed by atoms with E-state index in [2.05, 4.69) is 5.32 Å². The van der Waals surface area contributed by atoms with E-state index in [9.17, 15) is 9.59 Å². The molecule has 5 nitrogen and oxygen atoms in total. The molecule has 1 aliphatic rings. The third-order valence-electron chi connectivity index (χ3n) is 3.55. The molecule has 0 spiro atoms. The summed E-state index contributed by atoms with van der Waals surface area (Å²) >= 11 is 7.40. The Morgan fingerprint density at radius 2 is 2.16 bits per heavy atom. The van der Waals surface area contributed by atoms with Crippen molar-refractivity contribution in [2.24, 2.45) is 11.7 Å². The number of hydrogen-bond acceptors (Lipinski definition) is 3. The van der Waals surface area contributed by atoms with Gasteiger partial charge in [-0.3, -0.25) is 4.79 Å². The van der Waals surface area contributed by atoms with E-state index < -0.39 is 0 Å². The van der Waals surface area contributed by atoms with Crippen LogP contribution in [-0.4, -0.2) is 29.9 Å². The number of anilines is 1. The number of thiophene rings is 1. The Morgan fingerprint density at radius 1 is 1.53 bits per heavy atom. The molecule has 0 unspecified atom stereocenters. The van der Waals surface area contributed by atoms with E-state index in [0.29, 0.717) is 22.9 Å². The second-order valence-electron chi connectivity index (χ2n) is 4.83. The number of halogens is 1. The zero-order valence-corrected chi connectivity index (χ0v) is 12.3. The van der Waals surface area contributed by atoms with E-state index in [1.165, 1.54) is 11.3 Å². The van der Waals surface area contributed by atoms with Crippen molar-refractivity contribution >= 4 is 40.6 Å². The molecule has 1 fully saturated rings. The van der Waals surface area contributed by atoms with Crippen LogP contribution in [0.15, 0.2) is 5.38 Å². The van der Waals surface area contributed by atoms with Gasteiger partial charge in [-0.25, -0.2) is 4.79 Å². The van der Waals surface area contributed by atoms with Crippen LogP contribution in [0.4, 0.5) is 10.5 Å². The van der Waals surface area contributed by atoms with Gasteiger partial charge in [0.2, 0.25) is 5.91 Å². The SMILES string of the molecule is Cc1csc(Cl)c1NC(=O)N(C)C1CC(C(N)=O)C1. The molecular weight excluding hydrogens is 286 g/mol. The number of urea groups is 1. The molecule has 104 valence electrons. The Morgan fingerprint density at radius 3 is 2.63 bits per heavy atom. The molecule has 1 aromatic rings. The number of carbonyl (C=O) groups is 2. The van der Waals surface area contributed by atoms with Gasteiger partial charge in [0.05, 0.1) is 5.69 Å². The summed E-state index contributed by atoms with van der Waals surface area (Å²) in [7, 11) is 1.72. The molecule has 3 N–H and O–H groups in total. The molecule has 0 radical (unpaired) electrons. The van der Waals surface area contributed by atoms with Crippen LogP contribution in [0.2, 0.25) is 4.34 Å². The molecule has 0 bridgehead atoms. The highest BCUT2D eigenvalue weighted by atomic mass is 35.5. The smallest absolute Gasteiger partial charge is 0.321 e. The third kappa shape index (κ3) is 2.84. The highest BCUT2D eigenvalue weighted by Gasteiger charge is 2.37. The van der Waals surface area contributed by atoms with Crippen molar-refractivity contribution in [3.8, 4) is 0 Å². The van der Waals surface area contributed by atoms with E-state index in [1.807, 2.05) is 12.3 Å². The maximum absolute atomic E-state index is 12.1. The first-order valence-electron chi connectivity index (χ1n) is 5.97. The van der Waals surface area contributed by atoms with Crippen LogP contribution in [-0.2, 0) is 4.79 Å². The molecule has 0 saturated heterocycles. The van der Waals surface area contributed by atoms with Crippen LogP contribution < -0.4 is 11.1 Å². The van der Waals surface area contributed by atoms with E-state index >= 15 is 0 Å². The Hall–Kier alpha value is -1.27. The van der Waals surface area contributed by atoms with Crippen LogP contribution in [0, 0.1) is 12.8 Å². The maximum atomic E-state index is 12.1. The summed E-state index contributed by atoms with van der Waals surface area (Å²) in [5, 5.41) is 4.69. The van der Waals surface area contributed by atoms with Gasteiger partial charge in [0.15, 0.2) is 0 Å². The lowest BCUT2D eigenvalue weighted by molar-refractivity contribution is -0.125. The monoisotopic (exact) mass is 301 g/mol. The van der Waals surface area contributed by atoms with E-state index in [-0.39, 0.29) is 23.9 Å². The largest absolute Gasteiger partial charge is 0.369 e. The average Bonchev–Trinajstić information content (AvgIpc) is 2.58. The zero-order valence-electron chi connectivity index (χ0n) is 10.8. The molecule has 0 aromatic carbocycles. The quantitative estimate of drug-likeness (QED) is 0.899. The van der Waals surface area contributed by atoms with Crippen LogP contribution in [0.3, 0.4) is 0 Å². The van der Waals surface area contributed by atoms with E-state index in [1.54, 1.807) is 11.9 Å². The second-order valence-corrected chi connectivity index (χ2v) is 6.31. The number of carbonyl (C=O) groups excluding carboxylic acids is 2. The van der Waals surface area contributed by atoms with Crippen molar-refractivity contribution in [2.75, 3.05) is 12.4 Å². The van der Waals surface area contributed by atoms with Gasteiger partial charge in [-0.05, 0) is 30.7 Å². The summed E-state index contributed by atoms with van der Waals surface area (Å²) in [4.78, 5) is 24.6. The van der Waals surface area contributed by atoms with Gasteiger partial charge in [0.25, 0.3) is 0 Å². The molecule has 1 heterocycles. The summed E-state index contributed by atoms with van der Waals surface area (Å²) < 4.78 is 0.572. The maximum Gasteiger partial charge on any atom is 0.321 e. The zero-order chi connectivity index (χ0) is 14.2. The molecule has 1 aromatic heterocycles. The Bertz CT molecular complexity index is 492. The topological polar surface area (TPSA) is 75.4 Å². The number of rotatable bonds is 3. The van der Waals surface area contributed by atoms with Crippen LogP contribution >= 0.6 is 22.9 Å². The summed E-state index contributed by atoms with van der Waals surface area (Å²) in [6.07, 6.45) is 1.27.